The van der Waals surface area contributed by atoms with Crippen molar-refractivity contribution in [3.05, 3.63) is 64.1 Å². The van der Waals surface area contributed by atoms with E-state index in [-0.39, 0.29) is 0 Å². The second-order valence-electron chi connectivity index (χ2n) is 4.84. The van der Waals surface area contributed by atoms with Crippen LogP contribution >= 0.6 is 11.3 Å². The highest BCUT2D eigenvalue weighted by atomic mass is 32.1. The Bertz CT molecular complexity index is 707. The van der Waals surface area contributed by atoms with Gasteiger partial charge in [-0.3, -0.25) is 0 Å². The molecule has 2 aromatic heterocycles. The van der Waals surface area contributed by atoms with E-state index in [1.807, 2.05) is 16.9 Å². The fourth-order valence-electron chi connectivity index (χ4n) is 2.45. The van der Waals surface area contributed by atoms with E-state index in [0.29, 0.717) is 0 Å². The van der Waals surface area contributed by atoms with Gasteiger partial charge in [-0.05, 0) is 31.4 Å². The summed E-state index contributed by atoms with van der Waals surface area (Å²) in [4.78, 5) is 2.53. The van der Waals surface area contributed by atoms with E-state index in [9.17, 15) is 0 Å². The van der Waals surface area contributed by atoms with E-state index in [1.165, 1.54) is 31.9 Å². The summed E-state index contributed by atoms with van der Waals surface area (Å²) < 4.78 is 7.58. The Morgan fingerprint density at radius 2 is 2.00 bits per heavy atom. The molecule has 0 aliphatic carbocycles. The lowest BCUT2D eigenvalue weighted by molar-refractivity contribution is 0.599. The van der Waals surface area contributed by atoms with Crippen molar-refractivity contribution >= 4 is 28.0 Å². The SMILES string of the molecule is Cc1sc(CCc2ccccc2)c([O][AlH])c1-n1cccn1. The summed E-state index contributed by atoms with van der Waals surface area (Å²) in [5.74, 6) is 0.968. The molecular weight excluding hydrogens is 295 g/mol. The lowest BCUT2D eigenvalue weighted by Crippen LogP contribution is -1.99. The van der Waals surface area contributed by atoms with Crippen molar-refractivity contribution in [2.75, 3.05) is 0 Å². The monoisotopic (exact) mass is 311 g/mol. The number of nitrogens with zero attached hydrogens (tertiary/aromatic N) is 2. The summed E-state index contributed by atoms with van der Waals surface area (Å²) in [5, 5.41) is 4.33. The fraction of sp³-hybridized carbons (Fsp3) is 0.188. The molecule has 5 heteroatoms. The van der Waals surface area contributed by atoms with Crippen LogP contribution in [0, 0.1) is 6.92 Å². The van der Waals surface area contributed by atoms with E-state index in [4.69, 9.17) is 3.79 Å². The molecular formula is C16H16AlN2OS. The maximum Gasteiger partial charge on any atom is 0.494 e. The zero-order chi connectivity index (χ0) is 14.7. The van der Waals surface area contributed by atoms with Crippen molar-refractivity contribution in [3.63, 3.8) is 0 Å². The van der Waals surface area contributed by atoms with Gasteiger partial charge in [0.05, 0.1) is 0 Å². The average Bonchev–Trinajstić information content (AvgIpc) is 3.13. The second kappa shape index (κ2) is 6.49. The van der Waals surface area contributed by atoms with Gasteiger partial charge in [0, 0.05) is 22.1 Å². The summed E-state index contributed by atoms with van der Waals surface area (Å²) in [5.41, 5.74) is 2.43. The van der Waals surface area contributed by atoms with Crippen LogP contribution in [0.15, 0.2) is 48.8 Å². The van der Waals surface area contributed by atoms with Crippen LogP contribution in [-0.2, 0) is 12.8 Å². The molecule has 0 spiro atoms. The van der Waals surface area contributed by atoms with Crippen molar-refractivity contribution in [1.82, 2.24) is 9.78 Å². The number of hydrogen-bond acceptors (Lipinski definition) is 3. The van der Waals surface area contributed by atoms with Crippen LogP contribution in [0.4, 0.5) is 0 Å². The van der Waals surface area contributed by atoms with Crippen LogP contribution in [0.1, 0.15) is 15.3 Å². The van der Waals surface area contributed by atoms with Crippen molar-refractivity contribution in [2.45, 2.75) is 19.8 Å². The number of benzene rings is 1. The number of hydrogen-bond donors (Lipinski definition) is 0. The van der Waals surface area contributed by atoms with E-state index in [1.54, 1.807) is 17.5 Å². The van der Waals surface area contributed by atoms with Gasteiger partial charge in [-0.2, -0.15) is 5.10 Å². The molecule has 0 fully saturated rings. The van der Waals surface area contributed by atoms with Crippen molar-refractivity contribution in [2.24, 2.45) is 0 Å². The third kappa shape index (κ3) is 3.06. The van der Waals surface area contributed by atoms with Crippen molar-refractivity contribution < 1.29 is 3.79 Å². The molecule has 0 N–H and O–H groups in total. The summed E-state index contributed by atoms with van der Waals surface area (Å²) in [7, 11) is 0. The van der Waals surface area contributed by atoms with Crippen LogP contribution in [0.5, 0.6) is 5.75 Å². The molecule has 105 valence electrons. The Balaban J connectivity index is 1.88. The van der Waals surface area contributed by atoms with Crippen LogP contribution in [0.3, 0.4) is 0 Å². The van der Waals surface area contributed by atoms with E-state index >= 15 is 0 Å². The third-order valence-corrected chi connectivity index (χ3v) is 4.86. The highest BCUT2D eigenvalue weighted by Crippen LogP contribution is 2.38. The first-order valence-electron chi connectivity index (χ1n) is 6.88. The van der Waals surface area contributed by atoms with Crippen molar-refractivity contribution in [3.8, 4) is 11.4 Å². The number of aryl methyl sites for hydroxylation is 3. The molecule has 1 radical (unpaired) electrons. The number of rotatable bonds is 5. The molecule has 0 atom stereocenters. The average molecular weight is 311 g/mol. The van der Waals surface area contributed by atoms with Gasteiger partial charge < -0.3 is 3.79 Å². The summed E-state index contributed by atoms with van der Waals surface area (Å²) >= 11 is 3.33. The van der Waals surface area contributed by atoms with Gasteiger partial charge in [-0.25, -0.2) is 4.68 Å². The second-order valence-corrected chi connectivity index (χ2v) is 6.44. The van der Waals surface area contributed by atoms with Crippen LogP contribution in [0.2, 0.25) is 0 Å². The topological polar surface area (TPSA) is 27.1 Å². The first-order valence-corrected chi connectivity index (χ1v) is 8.27. The van der Waals surface area contributed by atoms with E-state index in [0.717, 1.165) is 24.3 Å². The molecule has 0 aliphatic heterocycles. The summed E-state index contributed by atoms with van der Waals surface area (Å²) in [6.45, 7) is 2.12. The first-order chi connectivity index (χ1) is 10.3. The standard InChI is InChI=1S/C16H16N2OS.Al.H/c1-12-15(18-11-5-10-17-18)16(19)14(20-12)9-8-13-6-3-2-4-7-13;;/h2-7,10-11,19H,8-9H2,1H3;;/q;+1;/p-1. The Hall–Kier alpha value is -1.54. The largest absolute Gasteiger partial charge is 0.648 e. The highest BCUT2D eigenvalue weighted by Gasteiger charge is 2.17. The minimum absolute atomic E-state index is 0.968. The molecule has 3 nitrogen and oxygen atoms in total. The molecule has 3 aromatic rings. The molecule has 0 saturated heterocycles. The molecule has 2 heterocycles. The van der Waals surface area contributed by atoms with E-state index < -0.39 is 0 Å². The van der Waals surface area contributed by atoms with Gasteiger partial charge in [0.25, 0.3) is 0 Å². The number of thiophene rings is 1. The smallest absolute Gasteiger partial charge is 0.494 e. The molecule has 3 rings (SSSR count). The lowest BCUT2D eigenvalue weighted by Gasteiger charge is -2.09. The van der Waals surface area contributed by atoms with Gasteiger partial charge in [0.2, 0.25) is 0 Å². The lowest BCUT2D eigenvalue weighted by atomic mass is 10.1. The maximum absolute atomic E-state index is 5.69. The Morgan fingerprint density at radius 3 is 2.67 bits per heavy atom. The van der Waals surface area contributed by atoms with E-state index in [2.05, 4.69) is 42.4 Å². The first kappa shape index (κ1) is 14.4. The molecule has 0 amide bonds. The van der Waals surface area contributed by atoms with Crippen LogP contribution in [-0.4, -0.2) is 26.4 Å². The molecule has 0 saturated carbocycles. The van der Waals surface area contributed by atoms with Crippen LogP contribution in [0.25, 0.3) is 5.69 Å². The minimum Gasteiger partial charge on any atom is -0.648 e. The normalized spacial score (nSPS) is 10.7. The van der Waals surface area contributed by atoms with Gasteiger partial charge in [-0.15, -0.1) is 11.3 Å². The Kier molecular flexibility index (Phi) is 4.45. The molecule has 0 aliphatic rings. The molecule has 21 heavy (non-hydrogen) atoms. The van der Waals surface area contributed by atoms with Crippen molar-refractivity contribution in [1.29, 1.82) is 0 Å². The Labute approximate surface area is 137 Å². The third-order valence-electron chi connectivity index (χ3n) is 3.44. The molecule has 0 unspecified atom stereocenters. The van der Waals surface area contributed by atoms with Gasteiger partial charge >= 0.3 is 16.6 Å². The molecule has 0 bridgehead atoms. The minimum atomic E-state index is 0.968. The van der Waals surface area contributed by atoms with Gasteiger partial charge in [0.1, 0.15) is 11.4 Å². The zero-order valence-corrected chi connectivity index (χ0v) is 14.2. The molecule has 1 aromatic carbocycles. The van der Waals surface area contributed by atoms with Crippen LogP contribution < -0.4 is 3.79 Å². The maximum atomic E-state index is 5.69. The highest BCUT2D eigenvalue weighted by molar-refractivity contribution is 7.12. The Morgan fingerprint density at radius 1 is 1.19 bits per heavy atom. The summed E-state index contributed by atoms with van der Waals surface area (Å²) in [6.07, 6.45) is 5.77. The number of aromatic nitrogens is 2. The predicted octanol–water partition coefficient (Wildman–Crippen LogP) is 3.22. The zero-order valence-electron chi connectivity index (χ0n) is 12.0. The fourth-order valence-corrected chi connectivity index (χ4v) is 3.97. The van der Waals surface area contributed by atoms with Gasteiger partial charge in [-0.1, -0.05) is 30.3 Å². The summed E-state index contributed by atoms with van der Waals surface area (Å²) in [6, 6.07) is 12.5. The predicted molar refractivity (Wildman–Crippen MR) is 87.8 cm³/mol. The quantitative estimate of drug-likeness (QED) is 0.677. The van der Waals surface area contributed by atoms with Gasteiger partial charge in [0.15, 0.2) is 0 Å².